The zero-order valence-electron chi connectivity index (χ0n) is 14.0. The summed E-state index contributed by atoms with van der Waals surface area (Å²) in [6.45, 7) is 3.11. The molecule has 134 valence electrons. The van der Waals surface area contributed by atoms with E-state index in [2.05, 4.69) is 0 Å². The number of anilines is 1. The van der Waals surface area contributed by atoms with Gasteiger partial charge < -0.3 is 15.1 Å². The fourth-order valence-electron chi connectivity index (χ4n) is 2.87. The van der Waals surface area contributed by atoms with Gasteiger partial charge in [-0.3, -0.25) is 4.79 Å². The summed E-state index contributed by atoms with van der Waals surface area (Å²) in [5.74, 6) is 0.409. The van der Waals surface area contributed by atoms with Crippen molar-refractivity contribution in [3.63, 3.8) is 0 Å². The monoisotopic (exact) mass is 363 g/mol. The molecule has 2 N–H and O–H groups in total. The lowest BCUT2D eigenvalue weighted by Crippen LogP contribution is -2.37. The highest BCUT2D eigenvalue weighted by atomic mass is 32.2. The molecule has 1 amide bonds. The average molecular weight is 363 g/mol. The van der Waals surface area contributed by atoms with Crippen LogP contribution in [0.25, 0.3) is 0 Å². The van der Waals surface area contributed by atoms with Crippen LogP contribution in [0, 0.1) is 6.92 Å². The summed E-state index contributed by atoms with van der Waals surface area (Å²) in [6, 6.07) is 9.89. The van der Waals surface area contributed by atoms with Gasteiger partial charge in [0.05, 0.1) is 0 Å². The number of aryl methyl sites for hydroxylation is 1. The summed E-state index contributed by atoms with van der Waals surface area (Å²) in [6.07, 6.45) is 0.562. The minimum atomic E-state index is -3.68. The summed E-state index contributed by atoms with van der Waals surface area (Å²) < 4.78 is 32.0. The van der Waals surface area contributed by atoms with Crippen molar-refractivity contribution in [1.29, 1.82) is 0 Å². The van der Waals surface area contributed by atoms with Gasteiger partial charge in [-0.05, 0) is 43.7 Å². The average Bonchev–Trinajstić information content (AvgIpc) is 2.87. The molecule has 2 aromatic rings. The summed E-state index contributed by atoms with van der Waals surface area (Å²) in [4.78, 5) is 14.3. The van der Waals surface area contributed by atoms with Crippen molar-refractivity contribution in [2.45, 2.75) is 18.4 Å². The number of amides is 1. The Balaban J connectivity index is 1.73. The van der Waals surface area contributed by atoms with E-state index in [4.69, 9.17) is 10.2 Å². The van der Waals surface area contributed by atoms with Crippen LogP contribution in [0.4, 0.5) is 5.69 Å². The van der Waals surface area contributed by atoms with E-state index in [0.29, 0.717) is 43.1 Å². The molecular formula is C17H21N3O4S. The van der Waals surface area contributed by atoms with E-state index >= 15 is 0 Å². The van der Waals surface area contributed by atoms with Crippen molar-refractivity contribution < 1.29 is 17.6 Å². The normalized spacial score (nSPS) is 16.6. The molecule has 2 heterocycles. The lowest BCUT2D eigenvalue weighted by atomic mass is 10.1. The van der Waals surface area contributed by atoms with E-state index in [1.165, 1.54) is 10.4 Å². The molecule has 0 unspecified atom stereocenters. The second kappa shape index (κ2) is 6.89. The number of carbonyl (C=O) groups excluding carboxylic acids is 1. The predicted octanol–water partition coefficient (Wildman–Crippen LogP) is 1.71. The maximum Gasteiger partial charge on any atom is 0.276 e. The highest BCUT2D eigenvalue weighted by Crippen LogP contribution is 2.20. The van der Waals surface area contributed by atoms with E-state index in [0.717, 1.165) is 0 Å². The molecule has 0 aliphatic carbocycles. The Hall–Kier alpha value is -2.32. The Morgan fingerprint density at radius 1 is 1.12 bits per heavy atom. The topological polar surface area (TPSA) is 96.9 Å². The van der Waals surface area contributed by atoms with E-state index in [-0.39, 0.29) is 17.5 Å². The van der Waals surface area contributed by atoms with Gasteiger partial charge >= 0.3 is 0 Å². The molecular weight excluding hydrogens is 342 g/mol. The Morgan fingerprint density at radius 3 is 2.60 bits per heavy atom. The van der Waals surface area contributed by atoms with Crippen molar-refractivity contribution in [1.82, 2.24) is 9.21 Å². The van der Waals surface area contributed by atoms with Crippen LogP contribution in [0.3, 0.4) is 0 Å². The highest BCUT2D eigenvalue weighted by molar-refractivity contribution is 7.89. The molecule has 7 nitrogen and oxygen atoms in total. The van der Waals surface area contributed by atoms with Crippen LogP contribution >= 0.6 is 0 Å². The zero-order chi connectivity index (χ0) is 18.0. The van der Waals surface area contributed by atoms with Crippen LogP contribution in [-0.4, -0.2) is 49.7 Å². The number of nitrogens with zero attached hydrogens (tertiary/aromatic N) is 2. The van der Waals surface area contributed by atoms with Gasteiger partial charge in [0.1, 0.15) is 5.76 Å². The van der Waals surface area contributed by atoms with Crippen LogP contribution in [-0.2, 0) is 10.0 Å². The first kappa shape index (κ1) is 17.5. The smallest absolute Gasteiger partial charge is 0.276 e. The molecule has 0 bridgehead atoms. The molecule has 1 saturated heterocycles. The molecule has 3 rings (SSSR count). The number of rotatable bonds is 3. The minimum absolute atomic E-state index is 0.0550. The van der Waals surface area contributed by atoms with E-state index < -0.39 is 10.0 Å². The summed E-state index contributed by atoms with van der Waals surface area (Å²) >= 11 is 0. The van der Waals surface area contributed by atoms with Crippen LogP contribution in [0.15, 0.2) is 45.9 Å². The van der Waals surface area contributed by atoms with Crippen molar-refractivity contribution >= 4 is 21.6 Å². The van der Waals surface area contributed by atoms with Gasteiger partial charge in [-0.15, -0.1) is 0 Å². The molecule has 1 aliphatic rings. The van der Waals surface area contributed by atoms with Crippen molar-refractivity contribution in [2.24, 2.45) is 0 Å². The second-order valence-corrected chi connectivity index (χ2v) is 7.91. The molecule has 1 aromatic heterocycles. The maximum atomic E-state index is 12.7. The fourth-order valence-corrected chi connectivity index (χ4v) is 4.29. The first-order chi connectivity index (χ1) is 11.9. The second-order valence-electron chi connectivity index (χ2n) is 6.04. The van der Waals surface area contributed by atoms with Gasteiger partial charge in [0.15, 0.2) is 0 Å². The van der Waals surface area contributed by atoms with Gasteiger partial charge in [-0.2, -0.15) is 4.31 Å². The molecule has 8 heteroatoms. The van der Waals surface area contributed by atoms with Gasteiger partial charge in [-0.25, -0.2) is 8.42 Å². The zero-order valence-corrected chi connectivity index (χ0v) is 14.8. The molecule has 0 saturated carbocycles. The quantitative estimate of drug-likeness (QED) is 0.837. The third kappa shape index (κ3) is 3.69. The van der Waals surface area contributed by atoms with Gasteiger partial charge in [0.25, 0.3) is 15.9 Å². The first-order valence-electron chi connectivity index (χ1n) is 8.09. The molecule has 0 atom stereocenters. The molecule has 1 fully saturated rings. The SMILES string of the molecule is Cc1ccc(S(=O)(=O)N2CCCN(C(=O)c3cccc(N)c3)CC2)o1. The highest BCUT2D eigenvalue weighted by Gasteiger charge is 2.30. The van der Waals surface area contributed by atoms with Crippen LogP contribution in [0.1, 0.15) is 22.5 Å². The van der Waals surface area contributed by atoms with Crippen molar-refractivity contribution in [3.8, 4) is 0 Å². The van der Waals surface area contributed by atoms with Crippen molar-refractivity contribution in [2.75, 3.05) is 31.9 Å². The van der Waals surface area contributed by atoms with Crippen LogP contribution in [0.2, 0.25) is 0 Å². The van der Waals surface area contributed by atoms with E-state index in [1.54, 1.807) is 42.2 Å². The molecule has 0 radical (unpaired) electrons. The minimum Gasteiger partial charge on any atom is -0.449 e. The molecule has 1 aromatic carbocycles. The standard InChI is InChI=1S/C17H21N3O4S/c1-13-6-7-16(24-13)25(22,23)20-9-3-8-19(10-11-20)17(21)14-4-2-5-15(18)12-14/h2,4-7,12H,3,8-11,18H2,1H3. The van der Waals surface area contributed by atoms with Gasteiger partial charge in [-0.1, -0.05) is 6.07 Å². The number of nitrogens with two attached hydrogens (primary N) is 1. The Bertz CT molecular complexity index is 876. The fraction of sp³-hybridized carbons (Fsp3) is 0.353. The third-order valence-corrected chi connectivity index (χ3v) is 5.96. The Morgan fingerprint density at radius 2 is 1.92 bits per heavy atom. The van der Waals surface area contributed by atoms with E-state index in [9.17, 15) is 13.2 Å². The van der Waals surface area contributed by atoms with Gasteiger partial charge in [0, 0.05) is 37.4 Å². The third-order valence-electron chi connectivity index (χ3n) is 4.19. The number of sulfonamides is 1. The number of furan rings is 1. The number of carbonyl (C=O) groups is 1. The number of nitrogen functional groups attached to an aromatic ring is 1. The Labute approximate surface area is 147 Å². The van der Waals surface area contributed by atoms with Crippen molar-refractivity contribution in [3.05, 3.63) is 47.7 Å². The van der Waals surface area contributed by atoms with E-state index in [1.807, 2.05) is 0 Å². The summed E-state index contributed by atoms with van der Waals surface area (Å²) in [5.41, 5.74) is 6.77. The maximum absolute atomic E-state index is 12.7. The predicted molar refractivity (Wildman–Crippen MR) is 93.6 cm³/mol. The van der Waals surface area contributed by atoms with Gasteiger partial charge in [0.2, 0.25) is 5.09 Å². The molecule has 1 aliphatic heterocycles. The first-order valence-corrected chi connectivity index (χ1v) is 9.53. The molecule has 25 heavy (non-hydrogen) atoms. The van der Waals surface area contributed by atoms with Crippen LogP contribution in [0.5, 0.6) is 0 Å². The van der Waals surface area contributed by atoms with Crippen LogP contribution < -0.4 is 5.73 Å². The lowest BCUT2D eigenvalue weighted by molar-refractivity contribution is 0.0764. The number of hydrogen-bond donors (Lipinski definition) is 1. The molecule has 0 spiro atoms. The summed E-state index contributed by atoms with van der Waals surface area (Å²) in [5, 5.41) is -0.0550. The summed E-state index contributed by atoms with van der Waals surface area (Å²) in [7, 11) is -3.68. The lowest BCUT2D eigenvalue weighted by Gasteiger charge is -2.21. The number of hydrogen-bond acceptors (Lipinski definition) is 5. The number of benzene rings is 1. The largest absolute Gasteiger partial charge is 0.449 e. The Kier molecular flexibility index (Phi) is 4.82.